The third-order valence-electron chi connectivity index (χ3n) is 15.7. The SMILES string of the molecule is [2H]c1c([2H])c([2H])c(N(c2ccccc2)c2ccc(ON)c3sc4ccc(-c5cccc(N(c6ccccc6)c6ccc(N(c7ccccc7)c7cccc8c7-c7ccccc7C87c8ccccc8-c8ccccc87)cc6)c5)cc4c23)c([2H])c1[2H]. The predicted octanol–water partition coefficient (Wildman–Crippen LogP) is 19.7. The lowest BCUT2D eigenvalue weighted by molar-refractivity contribution is 0.339. The third-order valence-corrected chi connectivity index (χ3v) is 16.9. The molecule has 1 aromatic heterocycles. The van der Waals surface area contributed by atoms with Crippen molar-refractivity contribution in [2.45, 2.75) is 5.41 Å². The maximum atomic E-state index is 9.15. The smallest absolute Gasteiger partial charge is 0.164 e. The van der Waals surface area contributed by atoms with Gasteiger partial charge in [0, 0.05) is 60.8 Å². The highest BCUT2D eigenvalue weighted by Gasteiger charge is 2.52. The number of nitrogens with two attached hydrogens (primary N) is 1. The monoisotopic (exact) mass is 1040 g/mol. The molecule has 0 fully saturated rings. The van der Waals surface area contributed by atoms with Gasteiger partial charge in [0.1, 0.15) is 0 Å². The number of benzene rings is 12. The Balaban J connectivity index is 0.853. The topological polar surface area (TPSA) is 45.0 Å². The zero-order valence-corrected chi connectivity index (χ0v) is 43.4. The van der Waals surface area contributed by atoms with Crippen molar-refractivity contribution in [1.82, 2.24) is 0 Å². The minimum Gasteiger partial charge on any atom is -0.410 e. The molecule has 2 aliphatic rings. The van der Waals surface area contributed by atoms with Crippen LogP contribution in [0.4, 0.5) is 51.2 Å². The molecule has 374 valence electrons. The molecule has 2 aliphatic carbocycles. The molecular formula is C73H50N4OS. The van der Waals surface area contributed by atoms with Crippen molar-refractivity contribution in [3.8, 4) is 39.1 Å². The molecule has 0 amide bonds. The second kappa shape index (κ2) is 18.9. The molecule has 79 heavy (non-hydrogen) atoms. The van der Waals surface area contributed by atoms with Gasteiger partial charge in [-0.15, -0.1) is 11.3 Å². The van der Waals surface area contributed by atoms with Crippen LogP contribution >= 0.6 is 11.3 Å². The van der Waals surface area contributed by atoms with Crippen LogP contribution in [0.25, 0.3) is 53.6 Å². The van der Waals surface area contributed by atoms with Crippen molar-refractivity contribution < 1.29 is 11.7 Å². The van der Waals surface area contributed by atoms with Gasteiger partial charge in [-0.25, -0.2) is 0 Å². The molecule has 0 saturated carbocycles. The molecule has 2 N–H and O–H groups in total. The highest BCUT2D eigenvalue weighted by molar-refractivity contribution is 7.26. The van der Waals surface area contributed by atoms with E-state index in [1.165, 1.54) is 55.8 Å². The van der Waals surface area contributed by atoms with Crippen molar-refractivity contribution in [2.75, 3.05) is 14.7 Å². The molecule has 0 aliphatic heterocycles. The van der Waals surface area contributed by atoms with E-state index >= 15 is 0 Å². The molecule has 0 bridgehead atoms. The van der Waals surface area contributed by atoms with E-state index in [1.807, 2.05) is 42.5 Å². The third kappa shape index (κ3) is 7.34. The first-order chi connectivity index (χ1) is 41.2. The van der Waals surface area contributed by atoms with Crippen LogP contribution in [0.15, 0.2) is 291 Å². The van der Waals surface area contributed by atoms with Crippen LogP contribution in [0, 0.1) is 0 Å². The Morgan fingerprint density at radius 3 is 1.51 bits per heavy atom. The summed E-state index contributed by atoms with van der Waals surface area (Å²) < 4.78 is 45.8. The molecule has 1 spiro atoms. The standard InChI is InChI=1S/C73H50N4OS/c74-78-68-45-44-67(76(52-24-7-2-8-25-52)53-26-9-3-10-27-53)71-61-48-50(39-46-69(61)79-72(68)71)49-21-19-30-57(47-49)75(51-22-5-1-6-23-51)55-40-42-56(43-41-55)77(54-28-11-4-12-29-54)66-38-20-37-65-70(66)60-33-15-18-36-64(60)73(65)62-34-16-13-31-58(62)59-32-14-17-35-63(59)73/h1-48H,74H2/i2D,7D,8D,24D,25D. The second-order valence-electron chi connectivity index (χ2n) is 19.9. The van der Waals surface area contributed by atoms with Crippen LogP contribution in [-0.4, -0.2) is 0 Å². The minimum absolute atomic E-state index is 0.0319. The van der Waals surface area contributed by atoms with E-state index in [9.17, 15) is 0 Å². The summed E-state index contributed by atoms with van der Waals surface area (Å²) in [6.07, 6.45) is 0. The average Bonchev–Trinajstić information content (AvgIpc) is 1.65. The Kier molecular flexibility index (Phi) is 9.88. The fourth-order valence-corrected chi connectivity index (χ4v) is 13.7. The van der Waals surface area contributed by atoms with Crippen molar-refractivity contribution in [1.29, 1.82) is 0 Å². The molecule has 0 atom stereocenters. The van der Waals surface area contributed by atoms with Gasteiger partial charge in [-0.2, -0.15) is 5.90 Å². The molecule has 12 aromatic carbocycles. The van der Waals surface area contributed by atoms with Gasteiger partial charge >= 0.3 is 0 Å². The van der Waals surface area contributed by atoms with Gasteiger partial charge in [0.05, 0.1) is 28.3 Å². The predicted molar refractivity (Wildman–Crippen MR) is 330 cm³/mol. The van der Waals surface area contributed by atoms with Crippen LogP contribution < -0.4 is 25.4 Å². The van der Waals surface area contributed by atoms with E-state index in [4.69, 9.17) is 17.6 Å². The maximum Gasteiger partial charge on any atom is 0.164 e. The van der Waals surface area contributed by atoms with Crippen molar-refractivity contribution in [3.63, 3.8) is 0 Å². The lowest BCUT2D eigenvalue weighted by Crippen LogP contribution is -2.26. The van der Waals surface area contributed by atoms with E-state index < -0.39 is 23.5 Å². The molecule has 0 unspecified atom stereocenters. The summed E-state index contributed by atoms with van der Waals surface area (Å²) in [6, 6.07) is 89.6. The van der Waals surface area contributed by atoms with Crippen LogP contribution in [0.1, 0.15) is 29.1 Å². The lowest BCUT2D eigenvalue weighted by atomic mass is 9.70. The first-order valence-electron chi connectivity index (χ1n) is 28.9. The minimum atomic E-state index is -0.484. The second-order valence-corrected chi connectivity index (χ2v) is 20.9. The quantitative estimate of drug-likeness (QED) is 0.131. The van der Waals surface area contributed by atoms with Gasteiger partial charge in [-0.3, -0.25) is 0 Å². The summed E-state index contributed by atoms with van der Waals surface area (Å²) in [5, 5.41) is 1.65. The summed E-state index contributed by atoms with van der Waals surface area (Å²) in [6.45, 7) is 0. The molecule has 6 heteroatoms. The van der Waals surface area contributed by atoms with Gasteiger partial charge in [0.2, 0.25) is 0 Å². The average molecular weight is 1040 g/mol. The molecule has 5 nitrogen and oxygen atoms in total. The lowest BCUT2D eigenvalue weighted by Gasteiger charge is -2.32. The van der Waals surface area contributed by atoms with Crippen molar-refractivity contribution in [3.05, 3.63) is 313 Å². The van der Waals surface area contributed by atoms with Crippen LogP contribution in [0.5, 0.6) is 5.75 Å². The van der Waals surface area contributed by atoms with Gasteiger partial charge in [-0.05, 0) is 165 Å². The Morgan fingerprint density at radius 2 is 0.873 bits per heavy atom. The number of fused-ring (bicyclic) bond motifs is 13. The fraction of sp³-hybridized carbons (Fsp3) is 0.0137. The number of thiophene rings is 1. The van der Waals surface area contributed by atoms with Crippen LogP contribution in [-0.2, 0) is 5.41 Å². The van der Waals surface area contributed by atoms with Gasteiger partial charge in [-0.1, -0.05) is 176 Å². The Hall–Kier alpha value is -9.98. The van der Waals surface area contributed by atoms with Crippen molar-refractivity contribution in [2.24, 2.45) is 5.90 Å². The van der Waals surface area contributed by atoms with Crippen LogP contribution in [0.2, 0.25) is 0 Å². The van der Waals surface area contributed by atoms with Gasteiger partial charge in [0.15, 0.2) is 5.75 Å². The Labute approximate surface area is 470 Å². The number of nitrogens with zero attached hydrogens (tertiary/aromatic N) is 3. The number of anilines is 9. The maximum absolute atomic E-state index is 9.15. The van der Waals surface area contributed by atoms with Crippen LogP contribution in [0.3, 0.4) is 0 Å². The summed E-state index contributed by atoms with van der Waals surface area (Å²) in [5.41, 5.74) is 19.0. The molecule has 0 saturated heterocycles. The largest absolute Gasteiger partial charge is 0.410 e. The number of hydrogen-bond acceptors (Lipinski definition) is 6. The summed E-state index contributed by atoms with van der Waals surface area (Å²) in [4.78, 5) is 11.9. The van der Waals surface area contributed by atoms with Gasteiger partial charge in [0.25, 0.3) is 0 Å². The Bertz CT molecular complexity index is 4680. The Morgan fingerprint density at radius 1 is 0.380 bits per heavy atom. The van der Waals surface area contributed by atoms with E-state index in [0.717, 1.165) is 65.4 Å². The molecular weight excluding hydrogens is 981 g/mol. The number of para-hydroxylation sites is 4. The first-order valence-corrected chi connectivity index (χ1v) is 27.2. The number of rotatable bonds is 11. The highest BCUT2D eigenvalue weighted by atomic mass is 32.1. The molecule has 0 radical (unpaired) electrons. The summed E-state index contributed by atoms with van der Waals surface area (Å²) in [7, 11) is 0. The zero-order chi connectivity index (χ0) is 56.8. The summed E-state index contributed by atoms with van der Waals surface area (Å²) >= 11 is 1.52. The molecule has 15 rings (SSSR count). The zero-order valence-electron chi connectivity index (χ0n) is 47.6. The highest BCUT2D eigenvalue weighted by Crippen LogP contribution is 2.65. The van der Waals surface area contributed by atoms with Crippen molar-refractivity contribution >= 4 is 82.7 Å². The van der Waals surface area contributed by atoms with E-state index in [1.54, 1.807) is 11.0 Å². The van der Waals surface area contributed by atoms with E-state index in [2.05, 4.69) is 222 Å². The fourth-order valence-electron chi connectivity index (χ4n) is 12.5. The summed E-state index contributed by atoms with van der Waals surface area (Å²) in [5.74, 6) is 6.42. The normalized spacial score (nSPS) is 13.4. The molecule has 1 heterocycles. The molecule has 13 aromatic rings. The van der Waals surface area contributed by atoms with E-state index in [-0.39, 0.29) is 17.8 Å². The van der Waals surface area contributed by atoms with Gasteiger partial charge < -0.3 is 19.5 Å². The van der Waals surface area contributed by atoms with E-state index in [0.29, 0.717) is 17.1 Å². The first kappa shape index (κ1) is 41.2. The number of hydrogen-bond donors (Lipinski definition) is 1.